The first-order valence-corrected chi connectivity index (χ1v) is 9.69. The molecule has 5 nitrogen and oxygen atoms in total. The monoisotopic (exact) mass is 413 g/mol. The Bertz CT molecular complexity index is 955. The fraction of sp³-hybridized carbons (Fsp3) is 0.235. The van der Waals surface area contributed by atoms with E-state index in [1.54, 1.807) is 11.7 Å². The molecule has 0 N–H and O–H groups in total. The van der Waals surface area contributed by atoms with Crippen LogP contribution in [0.15, 0.2) is 52.0 Å². The second-order valence-electron chi connectivity index (χ2n) is 5.29. The molecule has 2 heterocycles. The highest BCUT2D eigenvalue weighted by atomic mass is 32.2. The molecule has 10 heteroatoms. The van der Waals surface area contributed by atoms with Gasteiger partial charge in [0.05, 0.1) is 21.8 Å². The van der Waals surface area contributed by atoms with Crippen molar-refractivity contribution in [3.63, 3.8) is 0 Å². The van der Waals surface area contributed by atoms with Crippen LogP contribution >= 0.6 is 23.1 Å². The summed E-state index contributed by atoms with van der Waals surface area (Å²) in [6, 6.07) is 7.26. The van der Waals surface area contributed by atoms with Crippen LogP contribution in [0.3, 0.4) is 0 Å². The molecule has 3 rings (SSSR count). The number of rotatable bonds is 6. The van der Waals surface area contributed by atoms with Gasteiger partial charge in [0.2, 0.25) is 0 Å². The molecular weight excluding hydrogens is 399 g/mol. The predicted octanol–water partition coefficient (Wildman–Crippen LogP) is 4.41. The fourth-order valence-corrected chi connectivity index (χ4v) is 3.58. The summed E-state index contributed by atoms with van der Waals surface area (Å²) in [5.74, 6) is 0.772. The first-order chi connectivity index (χ1) is 12.9. The largest absolute Gasteiger partial charge is 0.484 e. The van der Waals surface area contributed by atoms with Gasteiger partial charge in [0.1, 0.15) is 5.75 Å². The van der Waals surface area contributed by atoms with Gasteiger partial charge >= 0.3 is 6.18 Å². The van der Waals surface area contributed by atoms with Crippen LogP contribution in [0, 0.1) is 0 Å². The molecule has 0 unspecified atom stereocenters. The summed E-state index contributed by atoms with van der Waals surface area (Å²) < 4.78 is 42.9. The number of ether oxygens (including phenoxy) is 1. The van der Waals surface area contributed by atoms with Crippen molar-refractivity contribution in [2.45, 2.75) is 18.3 Å². The maximum atomic E-state index is 12.7. The Morgan fingerprint density at radius 2 is 2.00 bits per heavy atom. The molecule has 0 aliphatic carbocycles. The Morgan fingerprint density at radius 3 is 2.59 bits per heavy atom. The van der Waals surface area contributed by atoms with Gasteiger partial charge in [-0.3, -0.25) is 14.3 Å². The number of benzene rings is 1. The van der Waals surface area contributed by atoms with Crippen molar-refractivity contribution in [3.8, 4) is 22.0 Å². The molecule has 2 aromatic heterocycles. The lowest BCUT2D eigenvalue weighted by Crippen LogP contribution is -2.21. The third-order valence-corrected chi connectivity index (χ3v) is 4.96. The summed E-state index contributed by atoms with van der Waals surface area (Å²) in [6.45, 7) is 0.572. The van der Waals surface area contributed by atoms with Gasteiger partial charge in [-0.2, -0.15) is 13.2 Å². The zero-order valence-corrected chi connectivity index (χ0v) is 15.7. The molecular formula is C17H14F3N3O2S2. The average Bonchev–Trinajstić information content (AvgIpc) is 3.15. The van der Waals surface area contributed by atoms with Gasteiger partial charge in [0, 0.05) is 12.3 Å². The summed E-state index contributed by atoms with van der Waals surface area (Å²) in [6.07, 6.45) is -2.76. The van der Waals surface area contributed by atoms with Gasteiger partial charge in [-0.25, -0.2) is 4.98 Å². The van der Waals surface area contributed by atoms with Crippen LogP contribution in [0.2, 0.25) is 0 Å². The van der Waals surface area contributed by atoms with E-state index < -0.39 is 12.8 Å². The molecule has 3 aromatic rings. The van der Waals surface area contributed by atoms with Gasteiger partial charge in [-0.05, 0) is 30.0 Å². The standard InChI is InChI=1S/C17H14F3N3O2S2/c1-2-26-16-22-13(14-8-21-10-27-14)7-15(24)23(16)11-3-5-12(6-4-11)25-9-17(18,19)20/h3-8,10H,2,9H2,1H3. The van der Waals surface area contributed by atoms with E-state index in [0.717, 1.165) is 4.88 Å². The maximum Gasteiger partial charge on any atom is 0.422 e. The number of alkyl halides is 3. The van der Waals surface area contributed by atoms with Gasteiger partial charge < -0.3 is 4.74 Å². The van der Waals surface area contributed by atoms with Crippen molar-refractivity contribution in [2.24, 2.45) is 0 Å². The van der Waals surface area contributed by atoms with Crippen LogP contribution in [0.5, 0.6) is 5.75 Å². The van der Waals surface area contributed by atoms with E-state index in [1.807, 2.05) is 6.92 Å². The highest BCUT2D eigenvalue weighted by Gasteiger charge is 2.28. The smallest absolute Gasteiger partial charge is 0.422 e. The second kappa shape index (κ2) is 8.13. The van der Waals surface area contributed by atoms with E-state index in [4.69, 9.17) is 4.74 Å². The average molecular weight is 413 g/mol. The Hall–Kier alpha value is -2.33. The van der Waals surface area contributed by atoms with Crippen LogP contribution in [-0.2, 0) is 0 Å². The van der Waals surface area contributed by atoms with Crippen molar-refractivity contribution in [1.29, 1.82) is 0 Å². The third-order valence-electron chi connectivity index (χ3n) is 3.34. The lowest BCUT2D eigenvalue weighted by molar-refractivity contribution is -0.153. The van der Waals surface area contributed by atoms with Crippen molar-refractivity contribution >= 4 is 23.1 Å². The molecule has 0 spiro atoms. The first-order valence-electron chi connectivity index (χ1n) is 7.83. The van der Waals surface area contributed by atoms with Crippen LogP contribution in [-0.4, -0.2) is 33.1 Å². The molecule has 1 aromatic carbocycles. The first kappa shape index (κ1) is 19.4. The fourth-order valence-electron chi connectivity index (χ4n) is 2.25. The summed E-state index contributed by atoms with van der Waals surface area (Å²) in [7, 11) is 0. The van der Waals surface area contributed by atoms with E-state index in [2.05, 4.69) is 9.97 Å². The van der Waals surface area contributed by atoms with Gasteiger partial charge in [-0.1, -0.05) is 18.7 Å². The molecule has 0 radical (unpaired) electrons. The molecule has 27 heavy (non-hydrogen) atoms. The normalized spacial score (nSPS) is 11.6. The lowest BCUT2D eigenvalue weighted by Gasteiger charge is -2.13. The summed E-state index contributed by atoms with van der Waals surface area (Å²) in [4.78, 5) is 22.0. The van der Waals surface area contributed by atoms with Crippen LogP contribution in [0.1, 0.15) is 6.92 Å². The Labute approximate surface area is 160 Å². The van der Waals surface area contributed by atoms with Gasteiger partial charge in [-0.15, -0.1) is 11.3 Å². The highest BCUT2D eigenvalue weighted by Crippen LogP contribution is 2.26. The van der Waals surface area contributed by atoms with E-state index in [0.29, 0.717) is 22.3 Å². The van der Waals surface area contributed by atoms with E-state index in [1.165, 1.54) is 58.0 Å². The minimum Gasteiger partial charge on any atom is -0.484 e. The molecule has 142 valence electrons. The molecule has 0 saturated carbocycles. The number of nitrogens with zero attached hydrogens (tertiary/aromatic N) is 3. The van der Waals surface area contributed by atoms with Crippen molar-refractivity contribution < 1.29 is 17.9 Å². The quantitative estimate of drug-likeness (QED) is 0.443. The number of hydrogen-bond donors (Lipinski definition) is 0. The Balaban J connectivity index is 1.94. The number of thioether (sulfide) groups is 1. The topological polar surface area (TPSA) is 57.0 Å². The predicted molar refractivity (Wildman–Crippen MR) is 98.9 cm³/mol. The Kier molecular flexibility index (Phi) is 5.85. The lowest BCUT2D eigenvalue weighted by atomic mass is 10.3. The molecule has 0 amide bonds. The number of hydrogen-bond acceptors (Lipinski definition) is 6. The zero-order chi connectivity index (χ0) is 19.4. The molecule has 0 aliphatic rings. The number of halogens is 3. The second-order valence-corrected chi connectivity index (χ2v) is 7.41. The minimum absolute atomic E-state index is 0.0723. The zero-order valence-electron chi connectivity index (χ0n) is 14.1. The molecule has 0 bridgehead atoms. The van der Waals surface area contributed by atoms with Crippen LogP contribution in [0.4, 0.5) is 13.2 Å². The van der Waals surface area contributed by atoms with E-state index in [9.17, 15) is 18.0 Å². The molecule has 0 atom stereocenters. The van der Waals surface area contributed by atoms with Gasteiger partial charge in [0.25, 0.3) is 5.56 Å². The van der Waals surface area contributed by atoms with Crippen molar-refractivity contribution in [2.75, 3.05) is 12.4 Å². The van der Waals surface area contributed by atoms with Crippen molar-refractivity contribution in [3.05, 3.63) is 52.4 Å². The number of thiazole rings is 1. The van der Waals surface area contributed by atoms with Gasteiger partial charge in [0.15, 0.2) is 11.8 Å². The van der Waals surface area contributed by atoms with Crippen LogP contribution < -0.4 is 10.3 Å². The molecule has 0 fully saturated rings. The maximum absolute atomic E-state index is 12.7. The number of aromatic nitrogens is 3. The van der Waals surface area contributed by atoms with Crippen LogP contribution in [0.25, 0.3) is 16.3 Å². The SMILES string of the molecule is CCSc1nc(-c2cncs2)cc(=O)n1-c1ccc(OCC(F)(F)F)cc1. The summed E-state index contributed by atoms with van der Waals surface area (Å²) >= 11 is 2.78. The third kappa shape index (κ3) is 4.89. The van der Waals surface area contributed by atoms with E-state index in [-0.39, 0.29) is 11.3 Å². The van der Waals surface area contributed by atoms with E-state index >= 15 is 0 Å². The van der Waals surface area contributed by atoms with Crippen molar-refractivity contribution in [1.82, 2.24) is 14.5 Å². The highest BCUT2D eigenvalue weighted by molar-refractivity contribution is 7.99. The molecule has 0 aliphatic heterocycles. The minimum atomic E-state index is -4.41. The Morgan fingerprint density at radius 1 is 1.26 bits per heavy atom. The summed E-state index contributed by atoms with van der Waals surface area (Å²) in [5.41, 5.74) is 2.42. The molecule has 0 saturated heterocycles. The summed E-state index contributed by atoms with van der Waals surface area (Å²) in [5, 5.41) is 0.498.